The summed E-state index contributed by atoms with van der Waals surface area (Å²) in [6.07, 6.45) is 11.8. The molecule has 0 nitrogen and oxygen atoms in total. The zero-order valence-corrected chi connectivity index (χ0v) is 10.4. The molecule has 1 rings (SSSR count). The van der Waals surface area contributed by atoms with E-state index in [1.807, 2.05) is 0 Å². The van der Waals surface area contributed by atoms with Gasteiger partial charge in [0.15, 0.2) is 0 Å². The summed E-state index contributed by atoms with van der Waals surface area (Å²) in [5, 5.41) is 0. The van der Waals surface area contributed by atoms with Crippen molar-refractivity contribution in [3.63, 3.8) is 0 Å². The molecule has 0 aromatic rings. The maximum atomic E-state index is 2.44. The van der Waals surface area contributed by atoms with Crippen LogP contribution in [0.3, 0.4) is 0 Å². The van der Waals surface area contributed by atoms with Crippen LogP contribution in [0.1, 0.15) is 65.2 Å². The highest BCUT2D eigenvalue weighted by Crippen LogP contribution is 2.32. The Bertz CT molecular complexity index is 144. The summed E-state index contributed by atoms with van der Waals surface area (Å²) >= 11 is 0. The summed E-state index contributed by atoms with van der Waals surface area (Å²) in [5.74, 6) is 3.03. The zero-order chi connectivity index (χ0) is 10.4. The molecule has 0 aliphatic heterocycles. The molecule has 0 N–H and O–H groups in total. The first-order valence-electron chi connectivity index (χ1n) is 6.72. The highest BCUT2D eigenvalue weighted by atomic mass is 14.2. The Balaban J connectivity index is 2.22. The van der Waals surface area contributed by atoms with Crippen LogP contribution < -0.4 is 0 Å². The van der Waals surface area contributed by atoms with Gasteiger partial charge in [0, 0.05) is 0 Å². The van der Waals surface area contributed by atoms with Crippen LogP contribution in [0.5, 0.6) is 0 Å². The van der Waals surface area contributed by atoms with Gasteiger partial charge in [-0.1, -0.05) is 71.0 Å². The summed E-state index contributed by atoms with van der Waals surface area (Å²) in [4.78, 5) is 0. The Morgan fingerprint density at radius 3 is 2.71 bits per heavy atom. The fourth-order valence-corrected chi connectivity index (χ4v) is 2.98. The number of hydrogen-bond acceptors (Lipinski definition) is 0. The van der Waals surface area contributed by atoms with Crippen LogP contribution in [0.4, 0.5) is 0 Å². The van der Waals surface area contributed by atoms with Crippen molar-refractivity contribution in [3.8, 4) is 0 Å². The van der Waals surface area contributed by atoms with E-state index in [2.05, 4.69) is 21.7 Å². The molecule has 3 unspecified atom stereocenters. The summed E-state index contributed by atoms with van der Waals surface area (Å²) < 4.78 is 0. The number of rotatable bonds is 4. The third kappa shape index (κ3) is 4.53. The minimum atomic E-state index is 0.971. The molecule has 82 valence electrons. The molecule has 3 atom stereocenters. The lowest BCUT2D eigenvalue weighted by molar-refractivity contribution is 0.402. The van der Waals surface area contributed by atoms with E-state index in [4.69, 9.17) is 0 Å². The summed E-state index contributed by atoms with van der Waals surface area (Å²) in [7, 11) is 2.44. The van der Waals surface area contributed by atoms with E-state index >= 15 is 0 Å². The molecule has 1 heteroatoms. The molecule has 0 bridgehead atoms. The minimum absolute atomic E-state index is 0.971. The van der Waals surface area contributed by atoms with Crippen molar-refractivity contribution in [1.82, 2.24) is 0 Å². The first kappa shape index (κ1) is 12.1. The van der Waals surface area contributed by atoms with Crippen molar-refractivity contribution in [3.05, 3.63) is 0 Å². The highest BCUT2D eigenvalue weighted by Gasteiger charge is 2.17. The first-order valence-corrected chi connectivity index (χ1v) is 6.72. The molecular formula is C13H27B. The molecule has 1 aliphatic carbocycles. The van der Waals surface area contributed by atoms with Crippen LogP contribution in [0.25, 0.3) is 0 Å². The Kier molecular flexibility index (Phi) is 5.66. The van der Waals surface area contributed by atoms with Gasteiger partial charge in [-0.3, -0.25) is 0 Å². The van der Waals surface area contributed by atoms with Crippen molar-refractivity contribution in [2.24, 2.45) is 11.8 Å². The molecule has 0 saturated heterocycles. The van der Waals surface area contributed by atoms with Crippen LogP contribution in [0.2, 0.25) is 5.82 Å². The van der Waals surface area contributed by atoms with E-state index in [9.17, 15) is 0 Å². The maximum Gasteiger partial charge on any atom is 0.105 e. The van der Waals surface area contributed by atoms with Crippen LogP contribution in [0, 0.1) is 11.8 Å². The second kappa shape index (κ2) is 6.53. The van der Waals surface area contributed by atoms with Gasteiger partial charge in [-0.05, 0) is 11.8 Å². The monoisotopic (exact) mass is 194 g/mol. The molecule has 1 saturated carbocycles. The van der Waals surface area contributed by atoms with E-state index in [1.165, 1.54) is 51.4 Å². The standard InChI is InChI=1S/C13H27B/c1-3-5-13(14)10-12-7-4-6-11(2)8-9-12/h11-13H,3-10,14H2,1-2H3. The van der Waals surface area contributed by atoms with Crippen molar-refractivity contribution >= 4 is 7.85 Å². The second-order valence-electron chi connectivity index (χ2n) is 5.61. The number of hydrogen-bond donors (Lipinski definition) is 0. The Hall–Kier alpha value is 0.0649. The van der Waals surface area contributed by atoms with Gasteiger partial charge in [0.05, 0.1) is 0 Å². The average molecular weight is 194 g/mol. The van der Waals surface area contributed by atoms with Gasteiger partial charge < -0.3 is 0 Å². The maximum absolute atomic E-state index is 2.44. The van der Waals surface area contributed by atoms with Gasteiger partial charge in [-0.25, -0.2) is 0 Å². The van der Waals surface area contributed by atoms with E-state index < -0.39 is 0 Å². The Labute approximate surface area is 91.3 Å². The lowest BCUT2D eigenvalue weighted by Crippen LogP contribution is -2.04. The van der Waals surface area contributed by atoms with Gasteiger partial charge in [0.1, 0.15) is 7.85 Å². The van der Waals surface area contributed by atoms with Crippen molar-refractivity contribution in [1.29, 1.82) is 0 Å². The highest BCUT2D eigenvalue weighted by molar-refractivity contribution is 6.11. The minimum Gasteiger partial charge on any atom is -0.0695 e. The smallest absolute Gasteiger partial charge is 0.0695 e. The van der Waals surface area contributed by atoms with Gasteiger partial charge in [0.2, 0.25) is 0 Å². The fourth-order valence-electron chi connectivity index (χ4n) is 2.98. The van der Waals surface area contributed by atoms with Gasteiger partial charge in [-0.15, -0.1) is 0 Å². The third-order valence-electron chi connectivity index (χ3n) is 3.89. The van der Waals surface area contributed by atoms with Crippen LogP contribution in [-0.2, 0) is 0 Å². The second-order valence-corrected chi connectivity index (χ2v) is 5.61. The molecule has 0 heterocycles. The molecular weight excluding hydrogens is 167 g/mol. The van der Waals surface area contributed by atoms with E-state index in [0.29, 0.717) is 0 Å². The van der Waals surface area contributed by atoms with Crippen LogP contribution in [-0.4, -0.2) is 7.85 Å². The summed E-state index contributed by atoms with van der Waals surface area (Å²) in [6, 6.07) is 0. The van der Waals surface area contributed by atoms with Crippen molar-refractivity contribution < 1.29 is 0 Å². The van der Waals surface area contributed by atoms with Gasteiger partial charge in [0.25, 0.3) is 0 Å². The predicted molar refractivity (Wildman–Crippen MR) is 67.6 cm³/mol. The topological polar surface area (TPSA) is 0 Å². The predicted octanol–water partition coefficient (Wildman–Crippen LogP) is 3.81. The molecule has 14 heavy (non-hydrogen) atoms. The lowest BCUT2D eigenvalue weighted by atomic mass is 9.75. The largest absolute Gasteiger partial charge is 0.105 e. The van der Waals surface area contributed by atoms with Crippen LogP contribution in [0.15, 0.2) is 0 Å². The van der Waals surface area contributed by atoms with E-state index in [1.54, 1.807) is 0 Å². The van der Waals surface area contributed by atoms with E-state index in [0.717, 1.165) is 17.7 Å². The van der Waals surface area contributed by atoms with Crippen molar-refractivity contribution in [2.75, 3.05) is 0 Å². The third-order valence-corrected chi connectivity index (χ3v) is 3.89. The first-order chi connectivity index (χ1) is 6.72. The van der Waals surface area contributed by atoms with E-state index in [-0.39, 0.29) is 0 Å². The normalized spacial score (nSPS) is 31.0. The molecule has 0 amide bonds. The van der Waals surface area contributed by atoms with Gasteiger partial charge >= 0.3 is 0 Å². The molecule has 0 spiro atoms. The Morgan fingerprint density at radius 2 is 2.00 bits per heavy atom. The van der Waals surface area contributed by atoms with Crippen molar-refractivity contribution in [2.45, 2.75) is 71.0 Å². The molecule has 1 aliphatic rings. The SMILES string of the molecule is BC(CCC)CC1CCCC(C)CC1. The van der Waals surface area contributed by atoms with Gasteiger partial charge in [-0.2, -0.15) is 0 Å². The molecule has 0 radical (unpaired) electrons. The average Bonchev–Trinajstić information content (AvgIpc) is 2.32. The fraction of sp³-hybridized carbons (Fsp3) is 1.00. The summed E-state index contributed by atoms with van der Waals surface area (Å²) in [6.45, 7) is 4.74. The Morgan fingerprint density at radius 1 is 1.21 bits per heavy atom. The lowest BCUT2D eigenvalue weighted by Gasteiger charge is -2.18. The zero-order valence-electron chi connectivity index (χ0n) is 10.4. The molecule has 0 aromatic carbocycles. The summed E-state index contributed by atoms with van der Waals surface area (Å²) in [5.41, 5.74) is 0. The quantitative estimate of drug-likeness (QED) is 0.471. The van der Waals surface area contributed by atoms with Crippen LogP contribution >= 0.6 is 0 Å². The molecule has 1 fully saturated rings. The molecule has 0 aromatic heterocycles.